The Kier molecular flexibility index (Phi) is 3.98. The minimum atomic E-state index is -0.193. The average molecular weight is 286 g/mol. The molecule has 0 aliphatic heterocycles. The van der Waals surface area contributed by atoms with Gasteiger partial charge in [-0.15, -0.1) is 0 Å². The molecule has 1 fully saturated rings. The minimum absolute atomic E-state index is 0.193. The fourth-order valence-electron chi connectivity index (χ4n) is 1.89. The van der Waals surface area contributed by atoms with Crippen molar-refractivity contribution in [2.75, 3.05) is 0 Å². The Morgan fingerprint density at radius 2 is 2.25 bits per heavy atom. The second-order valence-corrected chi connectivity index (χ2v) is 5.55. The molecule has 16 heavy (non-hydrogen) atoms. The second-order valence-electron chi connectivity index (χ2n) is 4.70. The summed E-state index contributed by atoms with van der Waals surface area (Å²) in [6, 6.07) is 5.40. The zero-order valence-corrected chi connectivity index (χ0v) is 11.1. The molecular formula is C13H17BrFN. The predicted octanol–water partition coefficient (Wildman–Crippen LogP) is 3.87. The van der Waals surface area contributed by atoms with Crippen LogP contribution in [-0.2, 0) is 6.54 Å². The molecule has 2 rings (SSSR count). The number of halogens is 2. The lowest BCUT2D eigenvalue weighted by molar-refractivity contribution is 0.487. The second kappa shape index (κ2) is 5.28. The summed E-state index contributed by atoms with van der Waals surface area (Å²) in [5.41, 5.74) is 1.11. The summed E-state index contributed by atoms with van der Waals surface area (Å²) in [6.07, 6.45) is 4.05. The van der Waals surface area contributed by atoms with Crippen molar-refractivity contribution in [2.45, 2.75) is 38.8 Å². The van der Waals surface area contributed by atoms with Crippen LogP contribution in [0.2, 0.25) is 0 Å². The lowest BCUT2D eigenvalue weighted by atomic mass is 10.1. The Labute approximate surface area is 105 Å². The summed E-state index contributed by atoms with van der Waals surface area (Å²) in [7, 11) is 0. The minimum Gasteiger partial charge on any atom is -0.310 e. The van der Waals surface area contributed by atoms with Crippen LogP contribution in [0.15, 0.2) is 22.7 Å². The number of rotatable bonds is 5. The standard InChI is InChI=1S/C13H17BrFN/c1-9(6-10-2-3-10)16-8-11-4-5-12(15)7-13(11)14/h4-5,7,9-10,16H,2-3,6,8H2,1H3. The van der Waals surface area contributed by atoms with Crippen molar-refractivity contribution in [1.82, 2.24) is 5.32 Å². The van der Waals surface area contributed by atoms with Gasteiger partial charge in [-0.1, -0.05) is 34.8 Å². The molecule has 88 valence electrons. The molecule has 0 spiro atoms. The van der Waals surface area contributed by atoms with E-state index >= 15 is 0 Å². The quantitative estimate of drug-likeness (QED) is 0.866. The lowest BCUT2D eigenvalue weighted by Gasteiger charge is -2.14. The summed E-state index contributed by atoms with van der Waals surface area (Å²) in [5.74, 6) is 0.751. The SMILES string of the molecule is CC(CC1CC1)NCc1ccc(F)cc1Br. The van der Waals surface area contributed by atoms with Crippen molar-refractivity contribution in [3.05, 3.63) is 34.1 Å². The van der Waals surface area contributed by atoms with Gasteiger partial charge in [-0.3, -0.25) is 0 Å². The average Bonchev–Trinajstić information content (AvgIpc) is 3.00. The van der Waals surface area contributed by atoms with Crippen LogP contribution < -0.4 is 5.32 Å². The molecular weight excluding hydrogens is 269 g/mol. The van der Waals surface area contributed by atoms with Gasteiger partial charge in [0.2, 0.25) is 0 Å². The largest absolute Gasteiger partial charge is 0.310 e. The summed E-state index contributed by atoms with van der Waals surface area (Å²) in [4.78, 5) is 0. The molecule has 1 aromatic rings. The Bertz CT molecular complexity index is 363. The molecule has 1 N–H and O–H groups in total. The van der Waals surface area contributed by atoms with E-state index < -0.39 is 0 Å². The maximum atomic E-state index is 12.9. The number of hydrogen-bond donors (Lipinski definition) is 1. The van der Waals surface area contributed by atoms with Crippen molar-refractivity contribution in [2.24, 2.45) is 5.92 Å². The van der Waals surface area contributed by atoms with Crippen LogP contribution in [0.3, 0.4) is 0 Å². The topological polar surface area (TPSA) is 12.0 Å². The van der Waals surface area contributed by atoms with Crippen LogP contribution in [0, 0.1) is 11.7 Å². The summed E-state index contributed by atoms with van der Waals surface area (Å²) < 4.78 is 13.7. The van der Waals surface area contributed by atoms with Gasteiger partial charge < -0.3 is 5.32 Å². The van der Waals surface area contributed by atoms with Crippen molar-refractivity contribution < 1.29 is 4.39 Å². The van der Waals surface area contributed by atoms with Gasteiger partial charge in [-0.2, -0.15) is 0 Å². The molecule has 3 heteroatoms. The number of nitrogens with one attached hydrogen (secondary N) is 1. The van der Waals surface area contributed by atoms with Crippen molar-refractivity contribution in [1.29, 1.82) is 0 Å². The molecule has 0 saturated heterocycles. The van der Waals surface area contributed by atoms with E-state index in [0.29, 0.717) is 6.04 Å². The van der Waals surface area contributed by atoms with Crippen molar-refractivity contribution in [3.8, 4) is 0 Å². The maximum Gasteiger partial charge on any atom is 0.124 e. The zero-order valence-electron chi connectivity index (χ0n) is 9.47. The maximum absolute atomic E-state index is 12.9. The molecule has 1 aliphatic rings. The molecule has 0 aromatic heterocycles. The van der Waals surface area contributed by atoms with E-state index in [2.05, 4.69) is 28.2 Å². The highest BCUT2D eigenvalue weighted by Gasteiger charge is 2.23. The zero-order chi connectivity index (χ0) is 11.5. The van der Waals surface area contributed by atoms with E-state index in [4.69, 9.17) is 0 Å². The van der Waals surface area contributed by atoms with E-state index in [1.165, 1.54) is 31.4 Å². The summed E-state index contributed by atoms with van der Waals surface area (Å²) in [5, 5.41) is 3.48. The molecule has 1 aromatic carbocycles. The number of benzene rings is 1. The summed E-state index contributed by atoms with van der Waals surface area (Å²) >= 11 is 3.38. The van der Waals surface area contributed by atoms with Gasteiger partial charge in [0, 0.05) is 17.1 Å². The Morgan fingerprint density at radius 1 is 1.50 bits per heavy atom. The van der Waals surface area contributed by atoms with Gasteiger partial charge in [0.05, 0.1) is 0 Å². The molecule has 1 unspecified atom stereocenters. The smallest absolute Gasteiger partial charge is 0.124 e. The van der Waals surface area contributed by atoms with Crippen LogP contribution in [0.5, 0.6) is 0 Å². The van der Waals surface area contributed by atoms with Gasteiger partial charge in [0.1, 0.15) is 5.82 Å². The molecule has 1 aliphatic carbocycles. The highest BCUT2D eigenvalue weighted by atomic mass is 79.9. The monoisotopic (exact) mass is 285 g/mol. The Balaban J connectivity index is 1.83. The Morgan fingerprint density at radius 3 is 2.88 bits per heavy atom. The fourth-order valence-corrected chi connectivity index (χ4v) is 2.38. The number of hydrogen-bond acceptors (Lipinski definition) is 1. The summed E-state index contributed by atoms with van der Waals surface area (Å²) in [6.45, 7) is 3.02. The van der Waals surface area contributed by atoms with Gasteiger partial charge in [0.15, 0.2) is 0 Å². The van der Waals surface area contributed by atoms with E-state index in [1.54, 1.807) is 0 Å². The first-order chi connectivity index (χ1) is 7.65. The van der Waals surface area contributed by atoms with Crippen LogP contribution in [0.25, 0.3) is 0 Å². The van der Waals surface area contributed by atoms with Gasteiger partial charge >= 0.3 is 0 Å². The molecule has 1 saturated carbocycles. The first-order valence-corrected chi connectivity index (χ1v) is 6.62. The van der Waals surface area contributed by atoms with Crippen LogP contribution in [-0.4, -0.2) is 6.04 Å². The van der Waals surface area contributed by atoms with Gasteiger partial charge in [-0.05, 0) is 37.0 Å². The normalized spacial score (nSPS) is 17.4. The third-order valence-corrected chi connectivity index (χ3v) is 3.78. The molecule has 0 radical (unpaired) electrons. The molecule has 0 amide bonds. The van der Waals surface area contributed by atoms with Gasteiger partial charge in [-0.25, -0.2) is 4.39 Å². The van der Waals surface area contributed by atoms with E-state index in [-0.39, 0.29) is 5.82 Å². The first-order valence-electron chi connectivity index (χ1n) is 5.82. The van der Waals surface area contributed by atoms with Crippen LogP contribution in [0.1, 0.15) is 31.7 Å². The molecule has 1 nitrogen and oxygen atoms in total. The Hall–Kier alpha value is -0.410. The highest BCUT2D eigenvalue weighted by Crippen LogP contribution is 2.33. The lowest BCUT2D eigenvalue weighted by Crippen LogP contribution is -2.26. The highest BCUT2D eigenvalue weighted by molar-refractivity contribution is 9.10. The third-order valence-electron chi connectivity index (χ3n) is 3.04. The molecule has 1 atom stereocenters. The van der Waals surface area contributed by atoms with Crippen LogP contribution in [0.4, 0.5) is 4.39 Å². The molecule has 0 heterocycles. The van der Waals surface area contributed by atoms with Crippen molar-refractivity contribution in [3.63, 3.8) is 0 Å². The van der Waals surface area contributed by atoms with Gasteiger partial charge in [0.25, 0.3) is 0 Å². The molecule has 0 bridgehead atoms. The fraction of sp³-hybridized carbons (Fsp3) is 0.538. The predicted molar refractivity (Wildman–Crippen MR) is 67.7 cm³/mol. The third kappa shape index (κ3) is 3.56. The van der Waals surface area contributed by atoms with E-state index in [1.807, 2.05) is 6.07 Å². The van der Waals surface area contributed by atoms with Crippen molar-refractivity contribution >= 4 is 15.9 Å². The van der Waals surface area contributed by atoms with Crippen LogP contribution >= 0.6 is 15.9 Å². The van der Waals surface area contributed by atoms with E-state index in [9.17, 15) is 4.39 Å². The van der Waals surface area contributed by atoms with E-state index in [0.717, 1.165) is 22.5 Å². The first kappa shape index (κ1) is 12.1.